The summed E-state index contributed by atoms with van der Waals surface area (Å²) in [5.41, 5.74) is 3.94. The monoisotopic (exact) mass is 440 g/mol. The highest BCUT2D eigenvalue weighted by atomic mass is 32.1. The van der Waals surface area contributed by atoms with Gasteiger partial charge in [-0.05, 0) is 41.7 Å². The van der Waals surface area contributed by atoms with E-state index in [4.69, 9.17) is 17.2 Å². The number of thiocarbonyl (C=S) groups is 1. The Balaban J connectivity index is 1.42. The zero-order valence-corrected chi connectivity index (χ0v) is 18.9. The molecule has 1 saturated heterocycles. The third kappa shape index (κ3) is 4.68. The molecule has 1 fully saturated rings. The van der Waals surface area contributed by atoms with E-state index in [2.05, 4.69) is 106 Å². The number of nitrogens with one attached hydrogen (secondary N) is 1. The van der Waals surface area contributed by atoms with Gasteiger partial charge in [-0.3, -0.25) is 4.99 Å². The minimum atomic E-state index is 0.252. The highest BCUT2D eigenvalue weighted by Crippen LogP contribution is 2.23. The Hall–Kier alpha value is -3.18. The second-order valence-electron chi connectivity index (χ2n) is 8.55. The largest absolute Gasteiger partial charge is 0.340 e. The molecule has 3 aromatic carbocycles. The molecule has 0 bridgehead atoms. The molecule has 5 heteroatoms. The van der Waals surface area contributed by atoms with Crippen molar-refractivity contribution in [1.82, 2.24) is 15.1 Å². The molecule has 0 aromatic heterocycles. The van der Waals surface area contributed by atoms with E-state index in [1.807, 2.05) is 0 Å². The number of hydrogen-bond acceptors (Lipinski definition) is 3. The van der Waals surface area contributed by atoms with Gasteiger partial charge in [-0.25, -0.2) is 0 Å². The van der Waals surface area contributed by atoms with Crippen LogP contribution in [0.25, 0.3) is 0 Å². The zero-order valence-electron chi connectivity index (χ0n) is 18.1. The lowest BCUT2D eigenvalue weighted by atomic mass is 10.0. The highest BCUT2D eigenvalue weighted by Gasteiger charge is 2.36. The Morgan fingerprint density at radius 3 is 1.88 bits per heavy atom. The van der Waals surface area contributed by atoms with Crippen LogP contribution < -0.4 is 5.32 Å². The summed E-state index contributed by atoms with van der Waals surface area (Å²) in [4.78, 5) is 9.63. The van der Waals surface area contributed by atoms with Crippen LogP contribution in [0.4, 0.5) is 0 Å². The van der Waals surface area contributed by atoms with Crippen LogP contribution >= 0.6 is 12.2 Å². The van der Waals surface area contributed by atoms with Gasteiger partial charge in [0.1, 0.15) is 0 Å². The summed E-state index contributed by atoms with van der Waals surface area (Å²) in [6.45, 7) is 2.48. The van der Waals surface area contributed by atoms with E-state index < -0.39 is 0 Å². The van der Waals surface area contributed by atoms with Gasteiger partial charge in [0.05, 0.1) is 18.6 Å². The van der Waals surface area contributed by atoms with Crippen LogP contribution in [0.15, 0.2) is 96.0 Å². The summed E-state index contributed by atoms with van der Waals surface area (Å²) in [5, 5.41) is 4.24. The number of fused-ring (bicyclic) bond motifs is 1. The SMILES string of the molecule is S=C1NC2=NCC(Cc3ccccc3)N2CC(Cc2ccccc2)N1Cc1ccccc1. The number of rotatable bonds is 6. The number of aliphatic imine (C=N–C) groups is 1. The van der Waals surface area contributed by atoms with Gasteiger partial charge in [0.15, 0.2) is 5.11 Å². The van der Waals surface area contributed by atoms with Crippen LogP contribution in [0, 0.1) is 0 Å². The Kier molecular flexibility index (Phi) is 6.17. The first-order valence-corrected chi connectivity index (χ1v) is 11.7. The van der Waals surface area contributed by atoms with Crippen molar-refractivity contribution in [1.29, 1.82) is 0 Å². The fourth-order valence-corrected chi connectivity index (χ4v) is 4.97. The van der Waals surface area contributed by atoms with Crippen molar-refractivity contribution in [2.45, 2.75) is 31.5 Å². The Morgan fingerprint density at radius 2 is 1.28 bits per heavy atom. The van der Waals surface area contributed by atoms with Crippen molar-refractivity contribution in [2.24, 2.45) is 4.99 Å². The van der Waals surface area contributed by atoms with E-state index in [-0.39, 0.29) is 6.04 Å². The molecule has 2 atom stereocenters. The van der Waals surface area contributed by atoms with Gasteiger partial charge in [0.2, 0.25) is 5.96 Å². The maximum atomic E-state index is 5.91. The molecule has 162 valence electrons. The maximum Gasteiger partial charge on any atom is 0.200 e. The van der Waals surface area contributed by atoms with Gasteiger partial charge in [-0.2, -0.15) is 0 Å². The molecule has 1 N–H and O–H groups in total. The van der Waals surface area contributed by atoms with Crippen molar-refractivity contribution in [2.75, 3.05) is 13.1 Å². The molecule has 2 aliphatic rings. The van der Waals surface area contributed by atoms with Crippen molar-refractivity contribution in [3.8, 4) is 0 Å². The standard InChI is InChI=1S/C27H28N4S/c32-27-29-26-28-18-24(16-21-10-4-1-5-11-21)30(26)20-25(17-22-12-6-2-7-13-22)31(27)19-23-14-8-3-9-15-23/h1-15,24-25H,16-20H2,(H,28,29,32). The maximum absolute atomic E-state index is 5.91. The first kappa shape index (κ1) is 20.7. The van der Waals surface area contributed by atoms with E-state index in [0.717, 1.165) is 43.5 Å². The summed E-state index contributed by atoms with van der Waals surface area (Å²) in [6.07, 6.45) is 1.93. The van der Waals surface area contributed by atoms with Gasteiger partial charge >= 0.3 is 0 Å². The second-order valence-corrected chi connectivity index (χ2v) is 8.93. The average molecular weight is 441 g/mol. The second kappa shape index (κ2) is 9.53. The van der Waals surface area contributed by atoms with Gasteiger partial charge in [-0.15, -0.1) is 0 Å². The molecule has 0 saturated carbocycles. The minimum absolute atomic E-state index is 0.252. The van der Waals surface area contributed by atoms with Crippen molar-refractivity contribution >= 4 is 23.3 Å². The molecule has 0 radical (unpaired) electrons. The molecule has 4 nitrogen and oxygen atoms in total. The summed E-state index contributed by atoms with van der Waals surface area (Å²) in [7, 11) is 0. The van der Waals surface area contributed by atoms with Crippen molar-refractivity contribution in [3.05, 3.63) is 108 Å². The summed E-state index contributed by atoms with van der Waals surface area (Å²) in [5.74, 6) is 0.921. The molecule has 2 heterocycles. The summed E-state index contributed by atoms with van der Waals surface area (Å²) >= 11 is 5.91. The van der Waals surface area contributed by atoms with E-state index in [1.165, 1.54) is 16.7 Å². The molecular weight excluding hydrogens is 412 g/mol. The van der Waals surface area contributed by atoms with E-state index in [1.54, 1.807) is 0 Å². The molecule has 0 spiro atoms. The Labute approximate surface area is 195 Å². The lowest BCUT2D eigenvalue weighted by Crippen LogP contribution is -2.46. The predicted octanol–water partition coefficient (Wildman–Crippen LogP) is 4.27. The third-order valence-corrected chi connectivity index (χ3v) is 6.65. The molecule has 2 aliphatic heterocycles. The molecule has 2 unspecified atom stereocenters. The Morgan fingerprint density at radius 1 is 0.750 bits per heavy atom. The number of nitrogens with zero attached hydrogens (tertiary/aromatic N) is 3. The molecule has 0 aliphatic carbocycles. The van der Waals surface area contributed by atoms with Crippen LogP contribution in [0.3, 0.4) is 0 Å². The smallest absolute Gasteiger partial charge is 0.200 e. The van der Waals surface area contributed by atoms with E-state index >= 15 is 0 Å². The van der Waals surface area contributed by atoms with Gasteiger partial charge in [0, 0.05) is 13.1 Å². The van der Waals surface area contributed by atoms with Crippen molar-refractivity contribution in [3.63, 3.8) is 0 Å². The highest BCUT2D eigenvalue weighted by molar-refractivity contribution is 7.80. The van der Waals surface area contributed by atoms with Crippen LogP contribution in [-0.4, -0.2) is 46.0 Å². The number of guanidine groups is 1. The normalized spacial score (nSPS) is 20.4. The molecule has 0 amide bonds. The number of hydrogen-bond donors (Lipinski definition) is 1. The van der Waals surface area contributed by atoms with Crippen LogP contribution in [0.2, 0.25) is 0 Å². The van der Waals surface area contributed by atoms with E-state index in [9.17, 15) is 0 Å². The molecule has 3 aromatic rings. The Bertz CT molecular complexity index is 1070. The lowest BCUT2D eigenvalue weighted by Gasteiger charge is -2.34. The third-order valence-electron chi connectivity index (χ3n) is 6.32. The minimum Gasteiger partial charge on any atom is -0.340 e. The number of benzene rings is 3. The molecular formula is C27H28N4S. The van der Waals surface area contributed by atoms with Crippen LogP contribution in [-0.2, 0) is 19.4 Å². The lowest BCUT2D eigenvalue weighted by molar-refractivity contribution is 0.231. The zero-order chi connectivity index (χ0) is 21.8. The molecule has 32 heavy (non-hydrogen) atoms. The van der Waals surface area contributed by atoms with Gasteiger partial charge in [0.25, 0.3) is 0 Å². The summed E-state index contributed by atoms with van der Waals surface area (Å²) in [6, 6.07) is 32.6. The van der Waals surface area contributed by atoms with E-state index in [0.29, 0.717) is 6.04 Å². The first-order chi connectivity index (χ1) is 15.8. The van der Waals surface area contributed by atoms with Crippen LogP contribution in [0.1, 0.15) is 16.7 Å². The van der Waals surface area contributed by atoms with Crippen LogP contribution in [0.5, 0.6) is 0 Å². The fraction of sp³-hybridized carbons (Fsp3) is 0.259. The summed E-state index contributed by atoms with van der Waals surface area (Å²) < 4.78 is 0. The molecule has 5 rings (SSSR count). The topological polar surface area (TPSA) is 30.9 Å². The van der Waals surface area contributed by atoms with Crippen molar-refractivity contribution < 1.29 is 0 Å². The van der Waals surface area contributed by atoms with Gasteiger partial charge < -0.3 is 15.1 Å². The van der Waals surface area contributed by atoms with Gasteiger partial charge in [-0.1, -0.05) is 91.0 Å². The average Bonchev–Trinajstić information content (AvgIpc) is 3.13. The first-order valence-electron chi connectivity index (χ1n) is 11.3. The quantitative estimate of drug-likeness (QED) is 0.580. The fourth-order valence-electron chi connectivity index (χ4n) is 4.66. The predicted molar refractivity (Wildman–Crippen MR) is 135 cm³/mol.